The first-order valence-electron chi connectivity index (χ1n) is 5.78. The van der Waals surface area contributed by atoms with Gasteiger partial charge in [0.25, 0.3) is 0 Å². The third-order valence-electron chi connectivity index (χ3n) is 2.99. The maximum atomic E-state index is 11.0. The third-order valence-corrected chi connectivity index (χ3v) is 2.99. The van der Waals surface area contributed by atoms with Gasteiger partial charge in [0.2, 0.25) is 5.91 Å². The zero-order chi connectivity index (χ0) is 13.2. The Kier molecular flexibility index (Phi) is 4.88. The summed E-state index contributed by atoms with van der Waals surface area (Å²) in [5, 5.41) is 31.6. The number of carbonyl (C=O) groups is 1. The largest absolute Gasteiger partial charge is 0.394 e. The Hall–Kier alpha value is -0.690. The molecule has 6 heteroatoms. The Labute approximate surface area is 101 Å². The molecule has 0 saturated carbocycles. The zero-order valence-corrected chi connectivity index (χ0v) is 10.3. The molecule has 1 fully saturated rings. The third kappa shape index (κ3) is 3.16. The van der Waals surface area contributed by atoms with Gasteiger partial charge in [0.05, 0.1) is 18.8 Å². The van der Waals surface area contributed by atoms with Gasteiger partial charge in [-0.3, -0.25) is 4.79 Å². The Morgan fingerprint density at radius 1 is 1.35 bits per heavy atom. The van der Waals surface area contributed by atoms with Gasteiger partial charge in [0.15, 0.2) is 0 Å². The summed E-state index contributed by atoms with van der Waals surface area (Å²) >= 11 is 0. The normalized spacial score (nSPS) is 38.2. The van der Waals surface area contributed by atoms with Crippen LogP contribution in [0.1, 0.15) is 20.8 Å². The maximum absolute atomic E-state index is 11.0. The van der Waals surface area contributed by atoms with Gasteiger partial charge in [0.1, 0.15) is 18.3 Å². The quantitative estimate of drug-likeness (QED) is 0.493. The lowest BCUT2D eigenvalue weighted by Gasteiger charge is -2.44. The summed E-state index contributed by atoms with van der Waals surface area (Å²) in [6.45, 7) is 4.69. The first-order valence-corrected chi connectivity index (χ1v) is 5.78. The summed E-state index contributed by atoms with van der Waals surface area (Å²) in [5.41, 5.74) is 0. The van der Waals surface area contributed by atoms with E-state index in [4.69, 9.17) is 9.84 Å². The molecule has 1 heterocycles. The smallest absolute Gasteiger partial charge is 0.217 e. The predicted octanol–water partition coefficient (Wildman–Crippen LogP) is -1.37. The van der Waals surface area contributed by atoms with Crippen LogP contribution in [0.4, 0.5) is 0 Å². The van der Waals surface area contributed by atoms with E-state index in [9.17, 15) is 15.0 Å². The van der Waals surface area contributed by atoms with Crippen LogP contribution in [0.3, 0.4) is 0 Å². The van der Waals surface area contributed by atoms with Crippen LogP contribution in [0, 0.1) is 5.92 Å². The van der Waals surface area contributed by atoms with Crippen LogP contribution in [-0.4, -0.2) is 58.3 Å². The Morgan fingerprint density at radius 2 is 1.94 bits per heavy atom. The highest BCUT2D eigenvalue weighted by molar-refractivity contribution is 5.73. The van der Waals surface area contributed by atoms with Crippen molar-refractivity contribution in [3.8, 4) is 0 Å². The van der Waals surface area contributed by atoms with Crippen molar-refractivity contribution in [2.45, 2.75) is 51.2 Å². The molecule has 0 aromatic rings. The van der Waals surface area contributed by atoms with Crippen LogP contribution in [0.25, 0.3) is 0 Å². The predicted molar refractivity (Wildman–Crippen MR) is 60.2 cm³/mol. The molecule has 0 radical (unpaired) electrons. The minimum absolute atomic E-state index is 0.0165. The SMILES string of the molecule is CC(=O)N[C@@H]1C(O)[C@H](C(C)C)OC(CO)[C@@H]1O. The molecule has 1 amide bonds. The monoisotopic (exact) mass is 247 g/mol. The van der Waals surface area contributed by atoms with E-state index in [0.717, 1.165) is 0 Å². The highest BCUT2D eigenvalue weighted by atomic mass is 16.5. The van der Waals surface area contributed by atoms with E-state index >= 15 is 0 Å². The molecule has 1 saturated heterocycles. The van der Waals surface area contributed by atoms with Crippen molar-refractivity contribution in [3.63, 3.8) is 0 Å². The number of amides is 1. The van der Waals surface area contributed by atoms with Crippen LogP contribution in [0.2, 0.25) is 0 Å². The molecule has 1 aliphatic rings. The molecule has 0 aliphatic carbocycles. The fourth-order valence-corrected chi connectivity index (χ4v) is 2.11. The van der Waals surface area contributed by atoms with Crippen molar-refractivity contribution >= 4 is 5.91 Å². The van der Waals surface area contributed by atoms with Gasteiger partial charge in [-0.2, -0.15) is 0 Å². The Bertz CT molecular complexity index is 271. The van der Waals surface area contributed by atoms with Crippen molar-refractivity contribution in [2.75, 3.05) is 6.61 Å². The average molecular weight is 247 g/mol. The Morgan fingerprint density at radius 3 is 2.35 bits per heavy atom. The lowest BCUT2D eigenvalue weighted by atomic mass is 9.87. The van der Waals surface area contributed by atoms with E-state index in [1.807, 2.05) is 13.8 Å². The number of aliphatic hydroxyl groups excluding tert-OH is 3. The van der Waals surface area contributed by atoms with Crippen LogP contribution < -0.4 is 5.32 Å². The fraction of sp³-hybridized carbons (Fsp3) is 0.909. The minimum Gasteiger partial charge on any atom is -0.394 e. The molecule has 2 unspecified atom stereocenters. The second-order valence-electron chi connectivity index (χ2n) is 4.77. The molecule has 17 heavy (non-hydrogen) atoms. The Balaban J connectivity index is 2.86. The first-order chi connectivity index (χ1) is 7.88. The maximum Gasteiger partial charge on any atom is 0.217 e. The van der Waals surface area contributed by atoms with Gasteiger partial charge < -0.3 is 25.4 Å². The van der Waals surface area contributed by atoms with E-state index in [-0.39, 0.29) is 18.4 Å². The molecule has 0 aromatic carbocycles. The number of hydrogen-bond donors (Lipinski definition) is 4. The number of rotatable bonds is 3. The molecule has 100 valence electrons. The van der Waals surface area contributed by atoms with Gasteiger partial charge in [-0.15, -0.1) is 0 Å². The van der Waals surface area contributed by atoms with E-state index in [1.165, 1.54) is 6.92 Å². The standard InChI is InChI=1S/C11H21NO5/c1-5(2)11-10(16)8(12-6(3)14)9(15)7(4-13)17-11/h5,7-11,13,15-16H,4H2,1-3H3,(H,12,14)/t7?,8-,9-,10?,11-/m0/s1. The fourth-order valence-electron chi connectivity index (χ4n) is 2.11. The highest BCUT2D eigenvalue weighted by Crippen LogP contribution is 2.25. The average Bonchev–Trinajstić information content (AvgIpc) is 2.23. The molecule has 6 nitrogen and oxygen atoms in total. The summed E-state index contributed by atoms with van der Waals surface area (Å²) in [5.74, 6) is -0.322. The van der Waals surface area contributed by atoms with E-state index < -0.39 is 30.5 Å². The summed E-state index contributed by atoms with van der Waals surface area (Å²) in [6, 6.07) is -0.814. The lowest BCUT2D eigenvalue weighted by Crippen LogP contribution is -2.65. The van der Waals surface area contributed by atoms with Crippen molar-refractivity contribution in [3.05, 3.63) is 0 Å². The molecule has 0 aromatic heterocycles. The second kappa shape index (κ2) is 5.77. The van der Waals surface area contributed by atoms with E-state index in [0.29, 0.717) is 0 Å². The van der Waals surface area contributed by atoms with Gasteiger partial charge in [-0.25, -0.2) is 0 Å². The molecular formula is C11H21NO5. The van der Waals surface area contributed by atoms with Crippen molar-refractivity contribution < 1.29 is 24.9 Å². The summed E-state index contributed by atoms with van der Waals surface area (Å²) in [6.07, 6.45) is -3.42. The number of carbonyl (C=O) groups excluding carboxylic acids is 1. The highest BCUT2D eigenvalue weighted by Gasteiger charge is 2.45. The van der Waals surface area contributed by atoms with Crippen molar-refractivity contribution in [1.29, 1.82) is 0 Å². The van der Waals surface area contributed by atoms with Crippen molar-refractivity contribution in [1.82, 2.24) is 5.32 Å². The molecular weight excluding hydrogens is 226 g/mol. The number of hydrogen-bond acceptors (Lipinski definition) is 5. The topological polar surface area (TPSA) is 99.0 Å². The number of nitrogens with one attached hydrogen (secondary N) is 1. The molecule has 4 N–H and O–H groups in total. The van der Waals surface area contributed by atoms with Crippen LogP contribution in [0.15, 0.2) is 0 Å². The van der Waals surface area contributed by atoms with E-state index in [1.54, 1.807) is 0 Å². The molecule has 1 aliphatic heterocycles. The van der Waals surface area contributed by atoms with Crippen LogP contribution in [-0.2, 0) is 9.53 Å². The van der Waals surface area contributed by atoms with Crippen LogP contribution in [0.5, 0.6) is 0 Å². The second-order valence-corrected chi connectivity index (χ2v) is 4.77. The molecule has 1 rings (SSSR count). The molecule has 0 spiro atoms. The minimum atomic E-state index is -1.12. The molecule has 0 bridgehead atoms. The van der Waals surface area contributed by atoms with Gasteiger partial charge in [-0.1, -0.05) is 13.8 Å². The first kappa shape index (κ1) is 14.4. The van der Waals surface area contributed by atoms with Crippen molar-refractivity contribution in [2.24, 2.45) is 5.92 Å². The van der Waals surface area contributed by atoms with Gasteiger partial charge in [-0.05, 0) is 5.92 Å². The summed E-state index contributed by atoms with van der Waals surface area (Å²) in [7, 11) is 0. The lowest BCUT2D eigenvalue weighted by molar-refractivity contribution is -0.205. The summed E-state index contributed by atoms with van der Waals surface area (Å²) < 4.78 is 5.43. The summed E-state index contributed by atoms with van der Waals surface area (Å²) in [4.78, 5) is 11.0. The van der Waals surface area contributed by atoms with Gasteiger partial charge in [0, 0.05) is 6.92 Å². The molecule has 5 atom stereocenters. The zero-order valence-electron chi connectivity index (χ0n) is 10.3. The van der Waals surface area contributed by atoms with E-state index in [2.05, 4.69) is 5.32 Å². The number of aliphatic hydroxyl groups is 3. The van der Waals surface area contributed by atoms with Crippen LogP contribution >= 0.6 is 0 Å². The number of ether oxygens (including phenoxy) is 1. The van der Waals surface area contributed by atoms with Gasteiger partial charge >= 0.3 is 0 Å².